The number of carbonyl (C=O) groups is 1. The summed E-state index contributed by atoms with van der Waals surface area (Å²) in [6.45, 7) is 3.96. The molecular formula is C11H17NO2. The van der Waals surface area contributed by atoms with Crippen LogP contribution in [-0.2, 0) is 4.79 Å². The van der Waals surface area contributed by atoms with Gasteiger partial charge in [0.15, 0.2) is 0 Å². The number of amides is 1. The largest absolute Gasteiger partial charge is 0.388 e. The van der Waals surface area contributed by atoms with Crippen molar-refractivity contribution >= 4 is 5.91 Å². The molecule has 3 nitrogen and oxygen atoms in total. The first-order valence-corrected chi connectivity index (χ1v) is 5.01. The van der Waals surface area contributed by atoms with E-state index >= 15 is 0 Å². The van der Waals surface area contributed by atoms with Gasteiger partial charge in [-0.1, -0.05) is 19.3 Å². The van der Waals surface area contributed by atoms with Gasteiger partial charge < -0.3 is 10.4 Å². The first kappa shape index (κ1) is 11.1. The maximum Gasteiger partial charge on any atom is 0.295 e. The Morgan fingerprint density at radius 3 is 2.93 bits per heavy atom. The Morgan fingerprint density at radius 1 is 1.71 bits per heavy atom. The molecule has 0 aromatic carbocycles. The average molecular weight is 195 g/mol. The van der Waals surface area contributed by atoms with Crippen LogP contribution >= 0.6 is 0 Å². The van der Waals surface area contributed by atoms with E-state index in [-0.39, 0.29) is 11.8 Å². The van der Waals surface area contributed by atoms with Gasteiger partial charge in [-0.05, 0) is 31.6 Å². The molecule has 1 aliphatic carbocycles. The Kier molecular flexibility index (Phi) is 3.54. The van der Waals surface area contributed by atoms with E-state index in [9.17, 15) is 9.90 Å². The van der Waals surface area contributed by atoms with Crippen molar-refractivity contribution in [2.45, 2.75) is 38.7 Å². The zero-order valence-electron chi connectivity index (χ0n) is 8.76. The predicted molar refractivity (Wildman–Crippen MR) is 54.4 cm³/mol. The molecule has 14 heavy (non-hydrogen) atoms. The summed E-state index contributed by atoms with van der Waals surface area (Å²) in [6, 6.07) is 0. The molecule has 0 heterocycles. The highest BCUT2D eigenvalue weighted by Gasteiger charge is 2.38. The van der Waals surface area contributed by atoms with Gasteiger partial charge in [0.2, 0.25) is 0 Å². The zero-order valence-corrected chi connectivity index (χ0v) is 8.76. The lowest BCUT2D eigenvalue weighted by molar-refractivity contribution is -0.117. The number of aliphatic hydroxyl groups is 1. The minimum atomic E-state index is -0.717. The van der Waals surface area contributed by atoms with E-state index in [2.05, 4.69) is 17.2 Å². The van der Waals surface area contributed by atoms with E-state index in [0.29, 0.717) is 6.54 Å². The van der Waals surface area contributed by atoms with Crippen LogP contribution in [0.3, 0.4) is 0 Å². The van der Waals surface area contributed by atoms with Crippen molar-refractivity contribution in [2.75, 3.05) is 6.54 Å². The molecule has 0 radical (unpaired) electrons. The van der Waals surface area contributed by atoms with Crippen molar-refractivity contribution in [3.05, 3.63) is 0 Å². The lowest BCUT2D eigenvalue weighted by atomic mass is 9.92. The Hall–Kier alpha value is -1.01. The fourth-order valence-electron chi connectivity index (χ4n) is 1.88. The van der Waals surface area contributed by atoms with E-state index in [1.807, 2.05) is 6.92 Å². The first-order chi connectivity index (χ1) is 6.58. The summed E-state index contributed by atoms with van der Waals surface area (Å²) >= 11 is 0. The van der Waals surface area contributed by atoms with Gasteiger partial charge in [0, 0.05) is 6.54 Å². The minimum absolute atomic E-state index is 0.261. The smallest absolute Gasteiger partial charge is 0.295 e. The third-order valence-electron chi connectivity index (χ3n) is 2.96. The summed E-state index contributed by atoms with van der Waals surface area (Å²) in [5, 5.41) is 12.7. The van der Waals surface area contributed by atoms with Crippen LogP contribution in [0.4, 0.5) is 0 Å². The number of rotatable bonds is 2. The number of carbonyl (C=O) groups excluding carboxylic acids is 1. The van der Waals surface area contributed by atoms with Crippen LogP contribution < -0.4 is 5.32 Å². The average Bonchev–Trinajstić information content (AvgIpc) is 2.46. The van der Waals surface area contributed by atoms with Gasteiger partial charge >= 0.3 is 0 Å². The van der Waals surface area contributed by atoms with Crippen LogP contribution in [0.15, 0.2) is 0 Å². The van der Waals surface area contributed by atoms with Gasteiger partial charge in [0.05, 0.1) is 5.60 Å². The second-order valence-electron chi connectivity index (χ2n) is 3.95. The second kappa shape index (κ2) is 4.47. The number of nitrogens with one attached hydrogen (secondary N) is 1. The molecule has 0 aliphatic heterocycles. The summed E-state index contributed by atoms with van der Waals surface area (Å²) in [5.41, 5.74) is -0.717. The maximum atomic E-state index is 11.1. The molecule has 0 aromatic heterocycles. The summed E-state index contributed by atoms with van der Waals surface area (Å²) < 4.78 is 0. The first-order valence-electron chi connectivity index (χ1n) is 5.01. The molecule has 1 saturated carbocycles. The fraction of sp³-hybridized carbons (Fsp3) is 0.727. The quantitative estimate of drug-likeness (QED) is 0.636. The molecule has 0 aromatic rings. The van der Waals surface area contributed by atoms with Crippen molar-refractivity contribution in [3.63, 3.8) is 0 Å². The molecule has 0 saturated heterocycles. The van der Waals surface area contributed by atoms with E-state index in [4.69, 9.17) is 0 Å². The van der Waals surface area contributed by atoms with E-state index in [0.717, 1.165) is 19.3 Å². The molecule has 0 bridgehead atoms. The summed E-state index contributed by atoms with van der Waals surface area (Å²) in [6.07, 6.45) is 2.84. The Bertz CT molecular complexity index is 277. The Labute approximate surface area is 84.9 Å². The summed E-state index contributed by atoms with van der Waals surface area (Å²) in [4.78, 5) is 11.1. The van der Waals surface area contributed by atoms with Crippen molar-refractivity contribution in [2.24, 2.45) is 5.92 Å². The molecule has 2 N–H and O–H groups in total. The molecule has 0 spiro atoms. The van der Waals surface area contributed by atoms with Crippen molar-refractivity contribution in [1.82, 2.24) is 5.32 Å². The molecule has 2 atom stereocenters. The topological polar surface area (TPSA) is 49.3 Å². The molecule has 3 heteroatoms. The van der Waals surface area contributed by atoms with Crippen LogP contribution in [0, 0.1) is 17.8 Å². The van der Waals surface area contributed by atoms with Gasteiger partial charge in [-0.15, -0.1) is 0 Å². The van der Waals surface area contributed by atoms with Crippen molar-refractivity contribution in [3.8, 4) is 11.8 Å². The Morgan fingerprint density at radius 2 is 2.43 bits per heavy atom. The fourth-order valence-corrected chi connectivity index (χ4v) is 1.88. The standard InChI is InChI=1S/C11H17NO2/c1-3-5-10(13)12-8-11(14)7-4-6-9(11)2/h9,14H,4,6-8H2,1-2H3,(H,12,13). The van der Waals surface area contributed by atoms with E-state index in [1.54, 1.807) is 6.92 Å². The minimum Gasteiger partial charge on any atom is -0.388 e. The summed E-state index contributed by atoms with van der Waals surface area (Å²) in [5.74, 6) is 4.87. The molecule has 2 unspecified atom stereocenters. The lowest BCUT2D eigenvalue weighted by Crippen LogP contribution is -2.44. The molecule has 78 valence electrons. The Balaban J connectivity index is 2.43. The van der Waals surface area contributed by atoms with Crippen molar-refractivity contribution in [1.29, 1.82) is 0 Å². The van der Waals surface area contributed by atoms with Crippen LogP contribution in [-0.4, -0.2) is 23.2 Å². The highest BCUT2D eigenvalue weighted by atomic mass is 16.3. The third-order valence-corrected chi connectivity index (χ3v) is 2.96. The third kappa shape index (κ3) is 2.49. The van der Waals surface area contributed by atoms with Gasteiger partial charge in [0.1, 0.15) is 0 Å². The van der Waals surface area contributed by atoms with E-state index < -0.39 is 5.60 Å². The zero-order chi connectivity index (χ0) is 10.6. The van der Waals surface area contributed by atoms with Crippen LogP contribution in [0.5, 0.6) is 0 Å². The SMILES string of the molecule is CC#CC(=O)NCC1(O)CCCC1C. The summed E-state index contributed by atoms with van der Waals surface area (Å²) in [7, 11) is 0. The van der Waals surface area contributed by atoms with E-state index in [1.165, 1.54) is 0 Å². The molecule has 1 fully saturated rings. The molecule has 1 amide bonds. The molecular weight excluding hydrogens is 178 g/mol. The second-order valence-corrected chi connectivity index (χ2v) is 3.95. The number of hydrogen-bond donors (Lipinski definition) is 2. The van der Waals surface area contributed by atoms with Gasteiger partial charge in [-0.3, -0.25) is 4.79 Å². The lowest BCUT2D eigenvalue weighted by Gasteiger charge is -2.27. The van der Waals surface area contributed by atoms with Crippen LogP contribution in [0.25, 0.3) is 0 Å². The number of hydrogen-bond acceptors (Lipinski definition) is 2. The monoisotopic (exact) mass is 195 g/mol. The molecule has 1 aliphatic rings. The predicted octanol–water partition coefficient (Wildman–Crippen LogP) is 0.677. The van der Waals surface area contributed by atoms with Crippen molar-refractivity contribution < 1.29 is 9.90 Å². The van der Waals surface area contributed by atoms with Gasteiger partial charge in [-0.2, -0.15) is 0 Å². The highest BCUT2D eigenvalue weighted by molar-refractivity contribution is 5.93. The van der Waals surface area contributed by atoms with Gasteiger partial charge in [-0.25, -0.2) is 0 Å². The maximum absolute atomic E-state index is 11.1. The normalized spacial score (nSPS) is 30.6. The van der Waals surface area contributed by atoms with Crippen LogP contribution in [0.2, 0.25) is 0 Å². The molecule has 1 rings (SSSR count). The highest BCUT2D eigenvalue weighted by Crippen LogP contribution is 2.34. The van der Waals surface area contributed by atoms with Crippen LogP contribution in [0.1, 0.15) is 33.1 Å². The van der Waals surface area contributed by atoms with Gasteiger partial charge in [0.25, 0.3) is 5.91 Å².